The number of nitrogens with zero attached hydrogens (tertiary/aromatic N) is 2. The number of nitrogens with two attached hydrogens (primary N) is 1. The number of aliphatic imine (C=N–C) groups is 1. The van der Waals surface area contributed by atoms with Gasteiger partial charge < -0.3 is 21.1 Å². The van der Waals surface area contributed by atoms with Gasteiger partial charge in [-0.1, -0.05) is 0 Å². The molecule has 4 N–H and O–H groups in total. The van der Waals surface area contributed by atoms with Gasteiger partial charge in [-0.2, -0.15) is 0 Å². The van der Waals surface area contributed by atoms with Gasteiger partial charge in [-0.3, -0.25) is 9.78 Å². The molecule has 7 nitrogen and oxygen atoms in total. The van der Waals surface area contributed by atoms with Gasteiger partial charge in [0, 0.05) is 11.9 Å². The lowest BCUT2D eigenvalue weighted by atomic mass is 10.3. The first kappa shape index (κ1) is 20.7. The highest BCUT2D eigenvalue weighted by atomic mass is 127. The largest absolute Gasteiger partial charge is 0.491 e. The molecule has 0 aliphatic carbocycles. The van der Waals surface area contributed by atoms with E-state index in [1.807, 2.05) is 38.1 Å². The second-order valence-corrected chi connectivity index (χ2v) is 5.31. The highest BCUT2D eigenvalue weighted by Gasteiger charge is 2.03. The average molecular weight is 455 g/mol. The Morgan fingerprint density at radius 1 is 1.20 bits per heavy atom. The lowest BCUT2D eigenvalue weighted by Crippen LogP contribution is -2.25. The molecule has 0 radical (unpaired) electrons. The number of rotatable bonds is 6. The van der Waals surface area contributed by atoms with Gasteiger partial charge in [0.1, 0.15) is 12.3 Å². The molecule has 0 spiro atoms. The summed E-state index contributed by atoms with van der Waals surface area (Å²) in [5.74, 6) is 0.671. The van der Waals surface area contributed by atoms with Crippen LogP contribution >= 0.6 is 24.0 Å². The van der Waals surface area contributed by atoms with E-state index in [0.29, 0.717) is 5.69 Å². The molecule has 2 rings (SSSR count). The Hall–Kier alpha value is -2.36. The van der Waals surface area contributed by atoms with Gasteiger partial charge in [0.25, 0.3) is 0 Å². The van der Waals surface area contributed by atoms with E-state index < -0.39 is 0 Å². The summed E-state index contributed by atoms with van der Waals surface area (Å²) >= 11 is 0. The fraction of sp³-hybridized carbons (Fsp3) is 0.235. The number of benzene rings is 1. The third-order valence-electron chi connectivity index (χ3n) is 2.84. The van der Waals surface area contributed by atoms with Gasteiger partial charge in [0.15, 0.2) is 5.96 Å². The van der Waals surface area contributed by atoms with Crippen molar-refractivity contribution in [3.05, 3.63) is 48.8 Å². The van der Waals surface area contributed by atoms with Crippen LogP contribution in [-0.4, -0.2) is 29.5 Å². The van der Waals surface area contributed by atoms with Crippen LogP contribution in [0.2, 0.25) is 0 Å². The number of hydrogen-bond donors (Lipinski definition) is 3. The molecule has 134 valence electrons. The number of carbonyl (C=O) groups excluding carboxylic acids is 1. The second-order valence-electron chi connectivity index (χ2n) is 5.31. The molecule has 1 aromatic carbocycles. The average Bonchev–Trinajstić information content (AvgIpc) is 2.55. The minimum atomic E-state index is -0.270. The van der Waals surface area contributed by atoms with Crippen molar-refractivity contribution < 1.29 is 9.53 Å². The molecular formula is C17H22IN5O2. The Morgan fingerprint density at radius 3 is 2.52 bits per heavy atom. The molecule has 8 heteroatoms. The van der Waals surface area contributed by atoms with Crippen LogP contribution in [-0.2, 0) is 4.79 Å². The third kappa shape index (κ3) is 7.84. The zero-order chi connectivity index (χ0) is 17.4. The van der Waals surface area contributed by atoms with Crippen LogP contribution in [0.3, 0.4) is 0 Å². The molecule has 0 saturated carbocycles. The highest BCUT2D eigenvalue weighted by Crippen LogP contribution is 2.16. The van der Waals surface area contributed by atoms with Crippen molar-refractivity contribution in [3.63, 3.8) is 0 Å². The quantitative estimate of drug-likeness (QED) is 0.353. The number of ether oxygens (including phenoxy) is 1. The van der Waals surface area contributed by atoms with Crippen LogP contribution in [0.1, 0.15) is 13.8 Å². The summed E-state index contributed by atoms with van der Waals surface area (Å²) in [7, 11) is 0. The Labute approximate surface area is 164 Å². The standard InChI is InChI=1S/C17H21N5O2.HI/c1-12(2)24-15-7-5-13(6-8-15)22-17(18)20-11-16(23)21-14-4-3-9-19-10-14;/h3-10,12H,11H2,1-2H3,(H,21,23)(H3,18,20,22);1H. The molecule has 0 saturated heterocycles. The van der Waals surface area contributed by atoms with Crippen LogP contribution in [0, 0.1) is 0 Å². The van der Waals surface area contributed by atoms with Gasteiger partial charge in [-0.25, -0.2) is 4.99 Å². The number of hydrogen-bond acceptors (Lipinski definition) is 4. The molecule has 0 aliphatic rings. The smallest absolute Gasteiger partial charge is 0.246 e. The predicted octanol–water partition coefficient (Wildman–Crippen LogP) is 2.85. The minimum Gasteiger partial charge on any atom is -0.491 e. The van der Waals surface area contributed by atoms with Crippen LogP contribution < -0.4 is 21.1 Å². The molecular weight excluding hydrogens is 433 g/mol. The summed E-state index contributed by atoms with van der Waals surface area (Å²) in [6.07, 6.45) is 3.31. The number of carbonyl (C=O) groups is 1. The van der Waals surface area contributed by atoms with E-state index in [-0.39, 0.29) is 48.5 Å². The molecule has 1 aromatic heterocycles. The van der Waals surface area contributed by atoms with Crippen molar-refractivity contribution in [2.45, 2.75) is 20.0 Å². The topological polar surface area (TPSA) is 102 Å². The van der Waals surface area contributed by atoms with Crippen molar-refractivity contribution in [1.29, 1.82) is 0 Å². The second kappa shape index (κ2) is 10.5. The lowest BCUT2D eigenvalue weighted by molar-refractivity contribution is -0.114. The molecule has 2 aromatic rings. The number of nitrogens with one attached hydrogen (secondary N) is 2. The van der Waals surface area contributed by atoms with Crippen molar-refractivity contribution >= 4 is 47.2 Å². The molecule has 0 bridgehead atoms. The summed E-state index contributed by atoms with van der Waals surface area (Å²) in [4.78, 5) is 19.7. The monoisotopic (exact) mass is 455 g/mol. The van der Waals surface area contributed by atoms with Crippen molar-refractivity contribution in [2.75, 3.05) is 17.2 Å². The van der Waals surface area contributed by atoms with Gasteiger partial charge in [-0.05, 0) is 50.2 Å². The molecule has 1 heterocycles. The van der Waals surface area contributed by atoms with Gasteiger partial charge in [0.05, 0.1) is 18.0 Å². The van der Waals surface area contributed by atoms with E-state index in [9.17, 15) is 4.79 Å². The maximum atomic E-state index is 11.8. The van der Waals surface area contributed by atoms with Crippen molar-refractivity contribution in [2.24, 2.45) is 10.7 Å². The first-order valence-electron chi connectivity index (χ1n) is 7.56. The Balaban J connectivity index is 0.00000312. The minimum absolute atomic E-state index is 0. The molecule has 0 fully saturated rings. The van der Waals surface area contributed by atoms with E-state index in [4.69, 9.17) is 10.5 Å². The fourth-order valence-corrected chi connectivity index (χ4v) is 1.87. The number of guanidine groups is 1. The van der Waals surface area contributed by atoms with E-state index in [0.717, 1.165) is 11.4 Å². The Kier molecular flexibility index (Phi) is 8.68. The Bertz CT molecular complexity index is 690. The first-order valence-corrected chi connectivity index (χ1v) is 7.56. The maximum Gasteiger partial charge on any atom is 0.246 e. The van der Waals surface area contributed by atoms with Crippen LogP contribution in [0.4, 0.5) is 11.4 Å². The fourth-order valence-electron chi connectivity index (χ4n) is 1.87. The van der Waals surface area contributed by atoms with Gasteiger partial charge >= 0.3 is 0 Å². The number of anilines is 2. The number of aromatic nitrogens is 1. The summed E-state index contributed by atoms with van der Waals surface area (Å²) in [5, 5.41) is 5.60. The van der Waals surface area contributed by atoms with E-state index >= 15 is 0 Å². The third-order valence-corrected chi connectivity index (χ3v) is 2.84. The van der Waals surface area contributed by atoms with E-state index in [1.165, 1.54) is 0 Å². The molecule has 25 heavy (non-hydrogen) atoms. The first-order chi connectivity index (χ1) is 11.5. The Morgan fingerprint density at radius 2 is 1.92 bits per heavy atom. The zero-order valence-corrected chi connectivity index (χ0v) is 16.4. The molecule has 1 amide bonds. The van der Waals surface area contributed by atoms with Crippen molar-refractivity contribution in [1.82, 2.24) is 4.98 Å². The van der Waals surface area contributed by atoms with Gasteiger partial charge in [-0.15, -0.1) is 24.0 Å². The van der Waals surface area contributed by atoms with Crippen molar-refractivity contribution in [3.8, 4) is 5.75 Å². The summed E-state index contributed by atoms with van der Waals surface area (Å²) in [6, 6.07) is 10.8. The van der Waals surface area contributed by atoms with Gasteiger partial charge in [0.2, 0.25) is 5.91 Å². The maximum absolute atomic E-state index is 11.8. The number of amides is 1. The van der Waals surface area contributed by atoms with Crippen LogP contribution in [0.5, 0.6) is 5.75 Å². The number of pyridine rings is 1. The predicted molar refractivity (Wildman–Crippen MR) is 111 cm³/mol. The van der Waals surface area contributed by atoms with Crippen LogP contribution in [0.25, 0.3) is 0 Å². The normalized spacial score (nSPS) is 10.8. The lowest BCUT2D eigenvalue weighted by Gasteiger charge is -2.11. The van der Waals surface area contributed by atoms with E-state index in [1.54, 1.807) is 24.5 Å². The summed E-state index contributed by atoms with van der Waals surface area (Å²) < 4.78 is 5.56. The molecule has 0 atom stereocenters. The zero-order valence-electron chi connectivity index (χ0n) is 14.1. The highest BCUT2D eigenvalue weighted by molar-refractivity contribution is 14.0. The molecule has 0 unspecified atom stereocenters. The summed E-state index contributed by atoms with van der Waals surface area (Å²) in [6.45, 7) is 3.85. The SMILES string of the molecule is CC(C)Oc1ccc(NC(N)=NCC(=O)Nc2cccnc2)cc1.I. The van der Waals surface area contributed by atoms with Crippen LogP contribution in [0.15, 0.2) is 53.8 Å². The van der Waals surface area contributed by atoms with E-state index in [2.05, 4.69) is 20.6 Å². The molecule has 0 aliphatic heterocycles. The summed E-state index contributed by atoms with van der Waals surface area (Å²) in [5.41, 5.74) is 7.16. The number of halogens is 1.